The standard InChI is InChI=1S/C51H39Cl3/c1-4-40-34-16-7-10-19-37(25-13-22-34)43(40)28-31-46-49(52)47(32-29-44-38-20-11-8-17-35(23-14-26-38)41(44)5-2)51(54)48(50(46)53)33-30-45-39-21-12-9-18-36(24-15-27-39)42(45)6-3/h1-3,7-12,16-21,34-39H,13-15,22-27H2/b16-7-,17-8-,18-9-,19-10-,20-11-,21-12-/t34-,35-,36-,37+,38+,39+/m0/s1. The minimum atomic E-state index is 0.0895. The van der Waals surface area contributed by atoms with Crippen LogP contribution in [0.4, 0.5) is 0 Å². The van der Waals surface area contributed by atoms with Crippen molar-refractivity contribution in [2.45, 2.75) is 57.8 Å². The van der Waals surface area contributed by atoms with Crippen LogP contribution in [0.25, 0.3) is 0 Å². The van der Waals surface area contributed by atoms with Crippen LogP contribution >= 0.6 is 34.8 Å². The third kappa shape index (κ3) is 7.56. The fraction of sp³-hybridized carbons (Fsp3) is 0.294. The zero-order valence-corrected chi connectivity index (χ0v) is 32.4. The van der Waals surface area contributed by atoms with Crippen LogP contribution in [0.1, 0.15) is 74.5 Å². The van der Waals surface area contributed by atoms with Gasteiger partial charge in [-0.15, -0.1) is 19.3 Å². The summed E-state index contributed by atoms with van der Waals surface area (Å²) in [4.78, 5) is 0. The van der Waals surface area contributed by atoms with Crippen molar-refractivity contribution in [3.05, 3.63) is 138 Å². The van der Waals surface area contributed by atoms with E-state index in [9.17, 15) is 0 Å². The van der Waals surface area contributed by atoms with Gasteiger partial charge in [-0.2, -0.15) is 0 Å². The van der Waals surface area contributed by atoms with Crippen molar-refractivity contribution in [1.29, 1.82) is 0 Å². The fourth-order valence-corrected chi connectivity index (χ4v) is 9.49. The summed E-state index contributed by atoms with van der Waals surface area (Å²) in [6.07, 6.45) is 53.0. The first kappa shape index (κ1) is 37.4. The monoisotopic (exact) mass is 756 g/mol. The van der Waals surface area contributed by atoms with Crippen molar-refractivity contribution >= 4 is 34.8 Å². The van der Waals surface area contributed by atoms with Gasteiger partial charge in [0.1, 0.15) is 0 Å². The number of halogens is 3. The van der Waals surface area contributed by atoms with Crippen LogP contribution in [0.3, 0.4) is 0 Å². The number of hydrogen-bond donors (Lipinski definition) is 0. The lowest BCUT2D eigenvalue weighted by Gasteiger charge is -2.16. The fourth-order valence-electron chi connectivity index (χ4n) is 8.50. The van der Waals surface area contributed by atoms with Crippen molar-refractivity contribution in [2.75, 3.05) is 0 Å². The summed E-state index contributed by atoms with van der Waals surface area (Å²) in [7, 11) is 0. The van der Waals surface area contributed by atoms with Gasteiger partial charge in [-0.3, -0.25) is 0 Å². The number of benzene rings is 1. The zero-order chi connectivity index (χ0) is 37.6. The highest BCUT2D eigenvalue weighted by Crippen LogP contribution is 2.41. The lowest BCUT2D eigenvalue weighted by molar-refractivity contribution is 0.600. The minimum Gasteiger partial charge on any atom is -0.115 e. The molecule has 0 N–H and O–H groups in total. The van der Waals surface area contributed by atoms with Gasteiger partial charge in [-0.1, -0.05) is 180 Å². The van der Waals surface area contributed by atoms with Gasteiger partial charge in [-0.25, -0.2) is 0 Å². The van der Waals surface area contributed by atoms with Crippen molar-refractivity contribution in [1.82, 2.24) is 0 Å². The lowest BCUT2D eigenvalue weighted by atomic mass is 9.87. The molecule has 6 aliphatic rings. The van der Waals surface area contributed by atoms with Crippen LogP contribution in [-0.2, 0) is 0 Å². The Labute approximate surface area is 337 Å². The molecule has 0 amide bonds. The van der Waals surface area contributed by atoms with E-state index in [-0.39, 0.29) is 50.6 Å². The SMILES string of the molecule is C#CC1=C(C#Cc2c(Cl)c(C#CC3=C(C#C)[C@H]4/C=C\C=C/[C@@H]3CCC4)c(Cl)c(C#CC3=C(C#C)[C@H]4/C=C\C=C/[C@@H]3CCC4)c2Cl)[C@@H]2/C=C\C=C/[C@H]1CCC2. The maximum absolute atomic E-state index is 7.28. The molecule has 0 nitrogen and oxygen atoms in total. The summed E-state index contributed by atoms with van der Waals surface area (Å²) in [6, 6.07) is 0. The summed E-state index contributed by atoms with van der Waals surface area (Å²) in [5, 5.41) is 0.814. The lowest BCUT2D eigenvalue weighted by Crippen LogP contribution is -2.06. The van der Waals surface area contributed by atoms with Gasteiger partial charge < -0.3 is 0 Å². The van der Waals surface area contributed by atoms with E-state index < -0.39 is 0 Å². The van der Waals surface area contributed by atoms with E-state index in [2.05, 4.69) is 126 Å². The predicted octanol–water partition coefficient (Wildman–Crippen LogP) is 12.1. The molecule has 3 heteroatoms. The Kier molecular flexibility index (Phi) is 11.8. The maximum Gasteiger partial charge on any atom is 0.0750 e. The van der Waals surface area contributed by atoms with Crippen LogP contribution in [0.5, 0.6) is 0 Å². The van der Waals surface area contributed by atoms with E-state index >= 15 is 0 Å². The van der Waals surface area contributed by atoms with Crippen LogP contribution in [0.2, 0.25) is 15.1 Å². The molecule has 6 bridgehead atoms. The number of allylic oxidation sites excluding steroid dienone is 18. The Hall–Kier alpha value is -4.89. The van der Waals surface area contributed by atoms with Gasteiger partial charge in [0.05, 0.1) is 31.8 Å². The van der Waals surface area contributed by atoms with E-state index in [0.29, 0.717) is 16.7 Å². The van der Waals surface area contributed by atoms with Crippen molar-refractivity contribution in [3.63, 3.8) is 0 Å². The first-order valence-corrected chi connectivity index (χ1v) is 20.0. The molecule has 0 aliphatic heterocycles. The molecule has 0 aromatic heterocycles. The second kappa shape index (κ2) is 17.1. The summed E-state index contributed by atoms with van der Waals surface area (Å²) in [5.74, 6) is 30.0. The van der Waals surface area contributed by atoms with Crippen LogP contribution in [-0.4, -0.2) is 0 Å². The molecule has 1 aromatic carbocycles. The molecule has 6 atom stereocenters. The second-order valence-corrected chi connectivity index (χ2v) is 15.6. The molecule has 0 saturated heterocycles. The van der Waals surface area contributed by atoms with Crippen LogP contribution < -0.4 is 0 Å². The van der Waals surface area contributed by atoms with Gasteiger partial charge in [0.25, 0.3) is 0 Å². The molecule has 0 unspecified atom stereocenters. The first-order valence-electron chi connectivity index (χ1n) is 18.9. The smallest absolute Gasteiger partial charge is 0.0750 e. The summed E-state index contributed by atoms with van der Waals surface area (Å²) in [6.45, 7) is 0. The van der Waals surface area contributed by atoms with Crippen LogP contribution in [0, 0.1) is 108 Å². The number of hydrogen-bond acceptors (Lipinski definition) is 0. The van der Waals surface area contributed by atoms with Gasteiger partial charge >= 0.3 is 0 Å². The van der Waals surface area contributed by atoms with Crippen LogP contribution in [0.15, 0.2) is 106 Å². The minimum absolute atomic E-state index is 0.0895. The summed E-state index contributed by atoms with van der Waals surface area (Å²) >= 11 is 21.8. The van der Waals surface area contributed by atoms with Crippen molar-refractivity contribution < 1.29 is 0 Å². The van der Waals surface area contributed by atoms with Crippen molar-refractivity contribution in [3.8, 4) is 72.6 Å². The highest BCUT2D eigenvalue weighted by Gasteiger charge is 2.28. The molecule has 0 saturated carbocycles. The Bertz CT molecular complexity index is 2080. The normalized spacial score (nSPS) is 30.0. The van der Waals surface area contributed by atoms with Gasteiger partial charge in [0.15, 0.2) is 0 Å². The van der Waals surface area contributed by atoms with Gasteiger partial charge in [0, 0.05) is 68.9 Å². The maximum atomic E-state index is 7.28. The molecular weight excluding hydrogens is 719 g/mol. The molecule has 0 spiro atoms. The average molecular weight is 758 g/mol. The summed E-state index contributed by atoms with van der Waals surface area (Å²) < 4.78 is 0. The van der Waals surface area contributed by atoms with E-state index in [1.54, 1.807) is 0 Å². The average Bonchev–Trinajstić information content (AvgIpc) is 3.31. The van der Waals surface area contributed by atoms with E-state index in [0.717, 1.165) is 91.2 Å². The zero-order valence-electron chi connectivity index (χ0n) is 30.1. The molecule has 264 valence electrons. The molecule has 7 rings (SSSR count). The van der Waals surface area contributed by atoms with Crippen molar-refractivity contribution in [2.24, 2.45) is 35.5 Å². The molecular formula is C51H39Cl3. The highest BCUT2D eigenvalue weighted by molar-refractivity contribution is 6.42. The third-order valence-corrected chi connectivity index (χ3v) is 12.5. The highest BCUT2D eigenvalue weighted by atomic mass is 35.5. The Morgan fingerprint density at radius 1 is 0.352 bits per heavy atom. The molecule has 54 heavy (non-hydrogen) atoms. The molecule has 1 aromatic rings. The van der Waals surface area contributed by atoms with E-state index in [4.69, 9.17) is 54.1 Å². The number of terminal acetylenes is 3. The van der Waals surface area contributed by atoms with E-state index in [1.165, 1.54) is 0 Å². The van der Waals surface area contributed by atoms with Gasteiger partial charge in [-0.05, 0) is 38.5 Å². The number of fused-ring (bicyclic) bond motifs is 6. The number of rotatable bonds is 0. The topological polar surface area (TPSA) is 0 Å². The Morgan fingerprint density at radius 2 is 0.574 bits per heavy atom. The predicted molar refractivity (Wildman–Crippen MR) is 227 cm³/mol. The third-order valence-electron chi connectivity index (χ3n) is 11.3. The molecule has 6 aliphatic carbocycles. The molecule has 0 fully saturated rings. The first-order chi connectivity index (χ1) is 26.4. The second-order valence-electron chi connectivity index (χ2n) is 14.5. The van der Waals surface area contributed by atoms with Gasteiger partial charge in [0.2, 0.25) is 0 Å². The molecule has 0 heterocycles. The quantitative estimate of drug-likeness (QED) is 0.231. The Balaban J connectivity index is 1.45. The van der Waals surface area contributed by atoms with E-state index in [1.807, 2.05) is 0 Å². The molecule has 0 radical (unpaired) electrons. The largest absolute Gasteiger partial charge is 0.115 e. The summed E-state index contributed by atoms with van der Waals surface area (Å²) in [5.41, 5.74) is 6.70. The Morgan fingerprint density at radius 3 is 0.796 bits per heavy atom.